The Morgan fingerprint density at radius 3 is 2.44 bits per heavy atom. The van der Waals surface area contributed by atoms with E-state index in [2.05, 4.69) is 79.0 Å². The molecule has 0 spiro atoms. The molecule has 1 N–H and O–H groups in total. The molecular weight excluding hydrogens is 449 g/mol. The quantitative estimate of drug-likeness (QED) is 0.364. The fourth-order valence-electron chi connectivity index (χ4n) is 3.44. The first-order valence-corrected chi connectivity index (χ1v) is 10.1. The van der Waals surface area contributed by atoms with E-state index in [1.54, 1.807) is 0 Å². The molecule has 6 heteroatoms. The van der Waals surface area contributed by atoms with Crippen LogP contribution in [0.3, 0.4) is 0 Å². The van der Waals surface area contributed by atoms with Gasteiger partial charge in [0.05, 0.1) is 6.54 Å². The van der Waals surface area contributed by atoms with Crippen LogP contribution >= 0.6 is 24.0 Å². The van der Waals surface area contributed by atoms with Gasteiger partial charge in [-0.05, 0) is 38.4 Å². The average molecular weight is 487 g/mol. The summed E-state index contributed by atoms with van der Waals surface area (Å²) in [6.45, 7) is 17.3. The molecule has 2 rings (SSSR count). The first kappa shape index (κ1) is 24.2. The van der Waals surface area contributed by atoms with Gasteiger partial charge in [-0.25, -0.2) is 0 Å². The molecule has 27 heavy (non-hydrogen) atoms. The molecule has 154 valence electrons. The SMILES string of the molecule is CCNC(=NCC(C)N1CCN(CC)CC1)N(C)Cc1ccccc1C.I. The Labute approximate surface area is 183 Å². The lowest BCUT2D eigenvalue weighted by Crippen LogP contribution is -2.50. The Bertz CT molecular complexity index is 569. The summed E-state index contributed by atoms with van der Waals surface area (Å²) in [6, 6.07) is 9.06. The van der Waals surface area contributed by atoms with Crippen LogP contribution in [0.15, 0.2) is 29.3 Å². The van der Waals surface area contributed by atoms with E-state index < -0.39 is 0 Å². The van der Waals surface area contributed by atoms with Crippen LogP contribution in [0.2, 0.25) is 0 Å². The molecule has 0 amide bonds. The summed E-state index contributed by atoms with van der Waals surface area (Å²) in [5.41, 5.74) is 2.68. The summed E-state index contributed by atoms with van der Waals surface area (Å²) < 4.78 is 0. The number of hydrogen-bond acceptors (Lipinski definition) is 3. The third-order valence-corrected chi connectivity index (χ3v) is 5.35. The van der Waals surface area contributed by atoms with Crippen molar-refractivity contribution in [1.29, 1.82) is 0 Å². The fourth-order valence-corrected chi connectivity index (χ4v) is 3.44. The molecule has 0 aliphatic carbocycles. The molecule has 1 aromatic rings. The smallest absolute Gasteiger partial charge is 0.194 e. The van der Waals surface area contributed by atoms with Crippen LogP contribution in [0.1, 0.15) is 31.9 Å². The van der Waals surface area contributed by atoms with Gasteiger partial charge in [-0.15, -0.1) is 24.0 Å². The Balaban J connectivity index is 0.00000364. The monoisotopic (exact) mass is 487 g/mol. The zero-order valence-corrected chi connectivity index (χ0v) is 20.1. The number of aryl methyl sites for hydroxylation is 1. The molecule has 0 saturated carbocycles. The number of nitrogens with one attached hydrogen (secondary N) is 1. The maximum absolute atomic E-state index is 4.93. The molecule has 0 bridgehead atoms. The number of likely N-dealkylation sites (N-methyl/N-ethyl adjacent to an activating group) is 1. The Hall–Kier alpha value is -0.860. The van der Waals surface area contributed by atoms with Gasteiger partial charge in [0.25, 0.3) is 0 Å². The summed E-state index contributed by atoms with van der Waals surface area (Å²) in [4.78, 5) is 12.2. The minimum absolute atomic E-state index is 0. The van der Waals surface area contributed by atoms with Crippen molar-refractivity contribution in [3.05, 3.63) is 35.4 Å². The van der Waals surface area contributed by atoms with Crippen LogP contribution in [0.5, 0.6) is 0 Å². The Morgan fingerprint density at radius 2 is 1.85 bits per heavy atom. The van der Waals surface area contributed by atoms with E-state index in [1.807, 2.05) is 0 Å². The number of halogens is 1. The molecule has 1 heterocycles. The molecular formula is C21H38IN5. The van der Waals surface area contributed by atoms with Crippen LogP contribution < -0.4 is 5.32 Å². The summed E-state index contributed by atoms with van der Waals surface area (Å²) in [5.74, 6) is 0.995. The molecule has 0 aromatic heterocycles. The van der Waals surface area contributed by atoms with E-state index >= 15 is 0 Å². The van der Waals surface area contributed by atoms with Gasteiger partial charge in [-0.2, -0.15) is 0 Å². The van der Waals surface area contributed by atoms with E-state index in [4.69, 9.17) is 4.99 Å². The number of aliphatic imine (C=N–C) groups is 1. The molecule has 1 fully saturated rings. The highest BCUT2D eigenvalue weighted by Gasteiger charge is 2.20. The van der Waals surface area contributed by atoms with Gasteiger partial charge in [0.1, 0.15) is 0 Å². The van der Waals surface area contributed by atoms with Gasteiger partial charge in [-0.1, -0.05) is 31.2 Å². The number of hydrogen-bond donors (Lipinski definition) is 1. The van der Waals surface area contributed by atoms with Crippen molar-refractivity contribution in [1.82, 2.24) is 20.0 Å². The summed E-state index contributed by atoms with van der Waals surface area (Å²) in [5, 5.41) is 3.45. The molecule has 5 nitrogen and oxygen atoms in total. The van der Waals surface area contributed by atoms with Crippen molar-refractivity contribution in [2.75, 3.05) is 52.9 Å². The number of guanidine groups is 1. The second kappa shape index (κ2) is 12.6. The maximum Gasteiger partial charge on any atom is 0.194 e. The third kappa shape index (κ3) is 7.58. The van der Waals surface area contributed by atoms with Crippen molar-refractivity contribution >= 4 is 29.9 Å². The molecule has 1 aliphatic heterocycles. The van der Waals surface area contributed by atoms with Crippen LogP contribution in [0.25, 0.3) is 0 Å². The predicted molar refractivity (Wildman–Crippen MR) is 127 cm³/mol. The van der Waals surface area contributed by atoms with Gasteiger partial charge in [0.15, 0.2) is 5.96 Å². The topological polar surface area (TPSA) is 34.1 Å². The lowest BCUT2D eigenvalue weighted by atomic mass is 10.1. The van der Waals surface area contributed by atoms with E-state index in [1.165, 1.54) is 24.2 Å². The molecule has 1 aromatic carbocycles. The lowest BCUT2D eigenvalue weighted by Gasteiger charge is -2.37. The highest BCUT2D eigenvalue weighted by atomic mass is 127. The summed E-state index contributed by atoms with van der Waals surface area (Å²) >= 11 is 0. The van der Waals surface area contributed by atoms with Gasteiger partial charge in [0, 0.05) is 52.4 Å². The normalized spacial score (nSPS) is 17.3. The highest BCUT2D eigenvalue weighted by molar-refractivity contribution is 14.0. The van der Waals surface area contributed by atoms with Gasteiger partial charge in [-0.3, -0.25) is 9.89 Å². The van der Waals surface area contributed by atoms with Crippen LogP contribution in [0.4, 0.5) is 0 Å². The van der Waals surface area contributed by atoms with E-state index in [0.717, 1.165) is 45.2 Å². The van der Waals surface area contributed by atoms with Gasteiger partial charge < -0.3 is 15.1 Å². The molecule has 1 aliphatic rings. The third-order valence-electron chi connectivity index (χ3n) is 5.35. The van der Waals surface area contributed by atoms with Crippen LogP contribution in [0, 0.1) is 6.92 Å². The Morgan fingerprint density at radius 1 is 1.19 bits per heavy atom. The molecule has 0 radical (unpaired) electrons. The van der Waals surface area contributed by atoms with Gasteiger partial charge in [0.2, 0.25) is 0 Å². The van der Waals surface area contributed by atoms with Crippen LogP contribution in [-0.2, 0) is 6.54 Å². The minimum Gasteiger partial charge on any atom is -0.357 e. The van der Waals surface area contributed by atoms with Crippen molar-refractivity contribution < 1.29 is 0 Å². The van der Waals surface area contributed by atoms with Gasteiger partial charge >= 0.3 is 0 Å². The summed E-state index contributed by atoms with van der Waals surface area (Å²) in [7, 11) is 2.12. The molecule has 1 unspecified atom stereocenters. The number of nitrogens with zero attached hydrogens (tertiary/aromatic N) is 4. The number of rotatable bonds is 7. The van der Waals surface area contributed by atoms with Crippen molar-refractivity contribution in [3.8, 4) is 0 Å². The Kier molecular flexibility index (Phi) is 11.3. The molecule has 1 saturated heterocycles. The highest BCUT2D eigenvalue weighted by Crippen LogP contribution is 2.10. The average Bonchev–Trinajstić information content (AvgIpc) is 2.66. The standard InChI is InChI=1S/C21H37N5.HI/c1-6-22-21(24(5)17-20-11-9-8-10-18(20)3)23-16-19(4)26-14-12-25(7-2)13-15-26;/h8-11,19H,6-7,12-17H2,1-5H3,(H,22,23);1H. The fraction of sp³-hybridized carbons (Fsp3) is 0.667. The first-order valence-electron chi connectivity index (χ1n) is 10.1. The zero-order chi connectivity index (χ0) is 18.9. The van der Waals surface area contributed by atoms with E-state index in [9.17, 15) is 0 Å². The second-order valence-corrected chi connectivity index (χ2v) is 7.30. The lowest BCUT2D eigenvalue weighted by molar-refractivity contribution is 0.109. The summed E-state index contributed by atoms with van der Waals surface area (Å²) in [6.07, 6.45) is 0. The zero-order valence-electron chi connectivity index (χ0n) is 17.7. The molecule has 1 atom stereocenters. The van der Waals surface area contributed by atoms with Crippen molar-refractivity contribution in [2.45, 2.75) is 40.3 Å². The largest absolute Gasteiger partial charge is 0.357 e. The van der Waals surface area contributed by atoms with Crippen molar-refractivity contribution in [3.63, 3.8) is 0 Å². The first-order chi connectivity index (χ1) is 12.5. The van der Waals surface area contributed by atoms with E-state index in [-0.39, 0.29) is 24.0 Å². The number of piperazine rings is 1. The minimum atomic E-state index is 0. The second-order valence-electron chi connectivity index (χ2n) is 7.30. The number of benzene rings is 1. The van der Waals surface area contributed by atoms with Crippen molar-refractivity contribution in [2.24, 2.45) is 4.99 Å². The predicted octanol–water partition coefficient (Wildman–Crippen LogP) is 3.04. The van der Waals surface area contributed by atoms with Crippen LogP contribution in [-0.4, -0.2) is 79.6 Å². The maximum atomic E-state index is 4.93. The van der Waals surface area contributed by atoms with E-state index in [0.29, 0.717) is 6.04 Å².